The van der Waals surface area contributed by atoms with Crippen molar-refractivity contribution < 1.29 is 28.5 Å². The summed E-state index contributed by atoms with van der Waals surface area (Å²) in [5.74, 6) is 0.416. The van der Waals surface area contributed by atoms with Crippen molar-refractivity contribution in [2.75, 3.05) is 18.1 Å². The fourth-order valence-electron chi connectivity index (χ4n) is 3.36. The van der Waals surface area contributed by atoms with E-state index in [-0.39, 0.29) is 35.9 Å². The Kier molecular flexibility index (Phi) is 7.00. The highest BCUT2D eigenvalue weighted by atomic mass is 35.5. The van der Waals surface area contributed by atoms with Gasteiger partial charge >= 0.3 is 12.2 Å². The molecule has 0 N–H and O–H groups in total. The predicted octanol–water partition coefficient (Wildman–Crippen LogP) is 5.62. The van der Waals surface area contributed by atoms with Gasteiger partial charge in [0.25, 0.3) is 5.88 Å². The van der Waals surface area contributed by atoms with Crippen molar-refractivity contribution in [3.05, 3.63) is 41.9 Å². The lowest BCUT2D eigenvalue weighted by molar-refractivity contribution is 0.0513. The number of hydrogen-bond donors (Lipinski definition) is 0. The Morgan fingerprint density at radius 3 is 2.24 bits per heavy atom. The van der Waals surface area contributed by atoms with Crippen molar-refractivity contribution in [1.82, 2.24) is 19.7 Å². The van der Waals surface area contributed by atoms with Crippen LogP contribution in [0.1, 0.15) is 41.5 Å². The summed E-state index contributed by atoms with van der Waals surface area (Å²) in [5.41, 5.74) is 0.447. The van der Waals surface area contributed by atoms with Crippen molar-refractivity contribution in [1.29, 1.82) is 0 Å². The number of carbonyl (C=O) groups is 2. The van der Waals surface area contributed by atoms with E-state index in [9.17, 15) is 9.59 Å². The van der Waals surface area contributed by atoms with E-state index in [0.29, 0.717) is 11.3 Å². The van der Waals surface area contributed by atoms with Gasteiger partial charge in [-0.25, -0.2) is 14.5 Å². The van der Waals surface area contributed by atoms with E-state index in [1.165, 1.54) is 4.90 Å². The van der Waals surface area contributed by atoms with Crippen LogP contribution in [0.5, 0.6) is 11.6 Å². The highest BCUT2D eigenvalue weighted by Gasteiger charge is 2.32. The van der Waals surface area contributed by atoms with E-state index in [1.54, 1.807) is 78.2 Å². The van der Waals surface area contributed by atoms with Gasteiger partial charge in [0.05, 0.1) is 11.9 Å². The molecule has 3 heterocycles. The van der Waals surface area contributed by atoms with Crippen LogP contribution in [0.2, 0.25) is 5.28 Å². The van der Waals surface area contributed by atoms with Crippen molar-refractivity contribution in [3.63, 3.8) is 0 Å². The number of amides is 1. The molecule has 0 radical (unpaired) electrons. The maximum Gasteiger partial charge on any atom is 0.435 e. The number of benzene rings is 1. The van der Waals surface area contributed by atoms with Crippen LogP contribution in [0, 0.1) is 0 Å². The smallest absolute Gasteiger partial charge is 0.435 e. The third-order valence-electron chi connectivity index (χ3n) is 4.77. The first-order valence-corrected chi connectivity index (χ1v) is 11.9. The molecule has 0 spiro atoms. The standard InChI is InChI=1S/C25H28ClN5O6/c1-24(2,3)36-22(32)30-14-16(13-27-30)15-7-9-17(10-8-15)31(23(33)37-25(4,5)6)19-18-20(29-21(26)28-19)35-12-11-34-18/h7-10,13-14H,11-12H2,1-6H3. The lowest BCUT2D eigenvalue weighted by atomic mass is 10.1. The van der Waals surface area contributed by atoms with Crippen LogP contribution >= 0.6 is 11.6 Å². The maximum absolute atomic E-state index is 13.3. The first kappa shape index (κ1) is 26.2. The first-order chi connectivity index (χ1) is 17.3. The van der Waals surface area contributed by atoms with Crippen LogP contribution in [0.3, 0.4) is 0 Å². The summed E-state index contributed by atoms with van der Waals surface area (Å²) in [6.07, 6.45) is 1.85. The molecular weight excluding hydrogens is 502 g/mol. The van der Waals surface area contributed by atoms with E-state index in [0.717, 1.165) is 10.2 Å². The molecule has 1 amide bonds. The molecule has 1 aliphatic rings. The first-order valence-electron chi connectivity index (χ1n) is 11.6. The summed E-state index contributed by atoms with van der Waals surface area (Å²) in [6.45, 7) is 11.2. The molecule has 3 aromatic rings. The quantitative estimate of drug-likeness (QED) is 0.398. The zero-order valence-electron chi connectivity index (χ0n) is 21.4. The number of hydrogen-bond acceptors (Lipinski definition) is 9. The molecule has 12 heteroatoms. The molecule has 0 aliphatic carbocycles. The number of carbonyl (C=O) groups excluding carboxylic acids is 2. The van der Waals surface area contributed by atoms with Crippen LogP contribution in [0.25, 0.3) is 11.1 Å². The Labute approximate surface area is 219 Å². The Hall–Kier alpha value is -3.86. The Morgan fingerprint density at radius 1 is 0.946 bits per heavy atom. The summed E-state index contributed by atoms with van der Waals surface area (Å²) < 4.78 is 23.4. The summed E-state index contributed by atoms with van der Waals surface area (Å²) >= 11 is 6.14. The summed E-state index contributed by atoms with van der Waals surface area (Å²) in [7, 11) is 0. The molecule has 4 rings (SSSR count). The number of anilines is 2. The second-order valence-corrected chi connectivity index (χ2v) is 10.5. The van der Waals surface area contributed by atoms with Gasteiger partial charge < -0.3 is 18.9 Å². The van der Waals surface area contributed by atoms with Gasteiger partial charge in [0.2, 0.25) is 11.0 Å². The lowest BCUT2D eigenvalue weighted by Crippen LogP contribution is -2.35. The van der Waals surface area contributed by atoms with Gasteiger partial charge in [-0.05, 0) is 70.8 Å². The molecule has 0 unspecified atom stereocenters. The van der Waals surface area contributed by atoms with Crippen molar-refractivity contribution in [2.24, 2.45) is 0 Å². The average Bonchev–Trinajstić information content (AvgIpc) is 3.28. The van der Waals surface area contributed by atoms with Crippen LogP contribution in [0.4, 0.5) is 21.1 Å². The van der Waals surface area contributed by atoms with E-state index in [1.807, 2.05) is 0 Å². The molecule has 11 nitrogen and oxygen atoms in total. The number of fused-ring (bicyclic) bond motifs is 1. The number of halogens is 1. The molecular formula is C25H28ClN5O6. The Bertz CT molecular complexity index is 1310. The van der Waals surface area contributed by atoms with Crippen LogP contribution in [-0.2, 0) is 9.47 Å². The molecule has 1 aliphatic heterocycles. The van der Waals surface area contributed by atoms with Gasteiger partial charge in [0, 0.05) is 11.8 Å². The fourth-order valence-corrected chi connectivity index (χ4v) is 3.51. The second-order valence-electron chi connectivity index (χ2n) is 10.2. The minimum atomic E-state index is -0.778. The Balaban J connectivity index is 1.69. The number of nitrogens with zero attached hydrogens (tertiary/aromatic N) is 5. The van der Waals surface area contributed by atoms with Crippen molar-refractivity contribution in [2.45, 2.75) is 52.7 Å². The topological polar surface area (TPSA) is 118 Å². The van der Waals surface area contributed by atoms with Gasteiger partial charge in [-0.1, -0.05) is 12.1 Å². The molecule has 0 saturated heterocycles. The van der Waals surface area contributed by atoms with Crippen molar-refractivity contribution in [3.8, 4) is 22.8 Å². The minimum Gasteiger partial charge on any atom is -0.482 e. The van der Waals surface area contributed by atoms with Crippen LogP contribution in [0.15, 0.2) is 36.7 Å². The molecule has 0 fully saturated rings. The van der Waals surface area contributed by atoms with Crippen molar-refractivity contribution >= 4 is 35.3 Å². The fraction of sp³-hybridized carbons (Fsp3) is 0.400. The highest BCUT2D eigenvalue weighted by Crippen LogP contribution is 2.41. The lowest BCUT2D eigenvalue weighted by Gasteiger charge is -2.29. The second kappa shape index (κ2) is 9.89. The Morgan fingerprint density at radius 2 is 1.59 bits per heavy atom. The van der Waals surface area contributed by atoms with Gasteiger partial charge in [0.15, 0.2) is 5.82 Å². The highest BCUT2D eigenvalue weighted by molar-refractivity contribution is 6.28. The number of rotatable bonds is 3. The molecule has 1 aromatic carbocycles. The van der Waals surface area contributed by atoms with Gasteiger partial charge in [-0.15, -0.1) is 0 Å². The number of ether oxygens (including phenoxy) is 4. The van der Waals surface area contributed by atoms with Crippen LogP contribution in [-0.4, -0.2) is 56.4 Å². The zero-order chi connectivity index (χ0) is 27.0. The predicted molar refractivity (Wildman–Crippen MR) is 136 cm³/mol. The third kappa shape index (κ3) is 6.29. The molecule has 0 bridgehead atoms. The van der Waals surface area contributed by atoms with E-state index < -0.39 is 23.4 Å². The summed E-state index contributed by atoms with van der Waals surface area (Å²) in [6, 6.07) is 6.96. The van der Waals surface area contributed by atoms with E-state index in [4.69, 9.17) is 30.5 Å². The molecule has 0 saturated carbocycles. The number of aromatic nitrogens is 4. The SMILES string of the molecule is CC(C)(C)OC(=O)N(c1ccc(-c2cnn(C(=O)OC(C)(C)C)c2)cc1)c1nc(Cl)nc2c1OCCO2. The molecule has 196 valence electrons. The third-order valence-corrected chi connectivity index (χ3v) is 4.94. The minimum absolute atomic E-state index is 0.0921. The maximum atomic E-state index is 13.3. The zero-order valence-corrected chi connectivity index (χ0v) is 22.2. The summed E-state index contributed by atoms with van der Waals surface area (Å²) in [4.78, 5) is 35.2. The monoisotopic (exact) mass is 529 g/mol. The largest absolute Gasteiger partial charge is 0.482 e. The average molecular weight is 530 g/mol. The molecule has 0 atom stereocenters. The van der Waals surface area contributed by atoms with Gasteiger partial charge in [-0.3, -0.25) is 0 Å². The van der Waals surface area contributed by atoms with E-state index in [2.05, 4.69) is 15.1 Å². The van der Waals surface area contributed by atoms with Gasteiger partial charge in [0.1, 0.15) is 24.4 Å². The van der Waals surface area contributed by atoms with Gasteiger partial charge in [-0.2, -0.15) is 19.7 Å². The molecule has 2 aromatic heterocycles. The normalized spacial score (nSPS) is 13.2. The summed E-state index contributed by atoms with van der Waals surface area (Å²) in [5, 5.41) is 3.99. The molecule has 37 heavy (non-hydrogen) atoms. The van der Waals surface area contributed by atoms with Crippen LogP contribution < -0.4 is 14.4 Å². The van der Waals surface area contributed by atoms with E-state index >= 15 is 0 Å².